The molecule has 0 N–H and O–H groups in total. The van der Waals surface area contributed by atoms with Gasteiger partial charge in [-0.3, -0.25) is 0 Å². The monoisotopic (exact) mass is 233 g/mol. The van der Waals surface area contributed by atoms with Gasteiger partial charge in [0.15, 0.2) is 0 Å². The summed E-state index contributed by atoms with van der Waals surface area (Å²) in [4.78, 5) is 0. The minimum Gasteiger partial charge on any atom is -0.331 e. The molecule has 0 saturated carbocycles. The number of hydrogen-bond donors (Lipinski definition) is 0. The third-order valence-corrected chi connectivity index (χ3v) is 1.68. The van der Waals surface area contributed by atoms with Gasteiger partial charge >= 0.3 is 0 Å². The maximum Gasteiger partial charge on any atom is 0.0780 e. The summed E-state index contributed by atoms with van der Waals surface area (Å²) >= 11 is 0. The van der Waals surface area contributed by atoms with E-state index in [0.29, 0.717) is 0 Å². The molecular weight excluding hydrogens is 211 g/mol. The summed E-state index contributed by atoms with van der Waals surface area (Å²) in [5.41, 5.74) is 0. The zero-order valence-corrected chi connectivity index (χ0v) is 11.4. The number of quaternary nitrogens is 1. The van der Waals surface area contributed by atoms with Crippen LogP contribution in [0.3, 0.4) is 0 Å². The standard InChI is InChI=1S/C9H22N.Y/c1-5-6-7-8-9-10(2,3)4;/h5-9H2,1-4H3;/q+1;. The molecule has 0 heterocycles. The molecule has 65 valence electrons. The van der Waals surface area contributed by atoms with Gasteiger partial charge in [0.2, 0.25) is 0 Å². The smallest absolute Gasteiger partial charge is 0.0780 e. The zero-order valence-electron chi connectivity index (χ0n) is 8.56. The van der Waals surface area contributed by atoms with Gasteiger partial charge < -0.3 is 4.48 Å². The molecule has 0 saturated heterocycles. The summed E-state index contributed by atoms with van der Waals surface area (Å²) in [7, 11) is 6.77. The Hall–Kier alpha value is 1.06. The van der Waals surface area contributed by atoms with E-state index < -0.39 is 0 Å². The molecule has 0 unspecified atom stereocenters. The molecule has 0 spiro atoms. The second-order valence-electron chi connectivity index (χ2n) is 4.07. The third-order valence-electron chi connectivity index (χ3n) is 1.68. The second kappa shape index (κ2) is 7.70. The molecular formula is C9H22NY+. The number of rotatable bonds is 5. The van der Waals surface area contributed by atoms with Gasteiger partial charge in [-0.25, -0.2) is 0 Å². The molecule has 0 aromatic heterocycles. The first-order chi connectivity index (χ1) is 4.56. The van der Waals surface area contributed by atoms with E-state index in [1.54, 1.807) is 0 Å². The molecule has 0 amide bonds. The molecule has 2 heteroatoms. The van der Waals surface area contributed by atoms with Gasteiger partial charge in [0.25, 0.3) is 0 Å². The third kappa shape index (κ3) is 14.0. The van der Waals surface area contributed by atoms with E-state index in [4.69, 9.17) is 0 Å². The van der Waals surface area contributed by atoms with E-state index in [-0.39, 0.29) is 32.7 Å². The predicted octanol–water partition coefficient (Wildman–Crippen LogP) is 2.27. The van der Waals surface area contributed by atoms with Gasteiger partial charge in [-0.2, -0.15) is 0 Å². The maximum absolute atomic E-state index is 2.26. The van der Waals surface area contributed by atoms with Crippen LogP contribution in [0.4, 0.5) is 0 Å². The SMILES string of the molecule is CCCCCC[N+](C)(C)C.[Y]. The maximum atomic E-state index is 2.26. The van der Waals surface area contributed by atoms with Crippen LogP contribution in [0.25, 0.3) is 0 Å². The molecule has 0 fully saturated rings. The van der Waals surface area contributed by atoms with Crippen LogP contribution in [0.15, 0.2) is 0 Å². The Morgan fingerprint density at radius 1 is 0.909 bits per heavy atom. The summed E-state index contributed by atoms with van der Waals surface area (Å²) in [6, 6.07) is 0. The van der Waals surface area contributed by atoms with E-state index >= 15 is 0 Å². The molecule has 0 bridgehead atoms. The van der Waals surface area contributed by atoms with Crippen molar-refractivity contribution in [1.82, 2.24) is 0 Å². The predicted molar refractivity (Wildman–Crippen MR) is 47.0 cm³/mol. The molecule has 0 aliphatic heterocycles. The Bertz CT molecular complexity index is 76.1. The fraction of sp³-hybridized carbons (Fsp3) is 1.00. The molecule has 0 aromatic rings. The van der Waals surface area contributed by atoms with Crippen LogP contribution in [0, 0.1) is 0 Å². The number of hydrogen-bond acceptors (Lipinski definition) is 0. The van der Waals surface area contributed by atoms with E-state index in [0.717, 1.165) is 4.48 Å². The van der Waals surface area contributed by atoms with Crippen molar-refractivity contribution >= 4 is 0 Å². The fourth-order valence-electron chi connectivity index (χ4n) is 1.01. The average Bonchev–Trinajstić information content (AvgIpc) is 1.78. The van der Waals surface area contributed by atoms with E-state index in [2.05, 4.69) is 28.1 Å². The van der Waals surface area contributed by atoms with Gasteiger partial charge in [0.1, 0.15) is 0 Å². The Kier molecular flexibility index (Phi) is 10.2. The Morgan fingerprint density at radius 3 is 1.82 bits per heavy atom. The minimum atomic E-state index is 0. The molecule has 0 aliphatic carbocycles. The van der Waals surface area contributed by atoms with Crippen LogP contribution >= 0.6 is 0 Å². The van der Waals surface area contributed by atoms with Crippen molar-refractivity contribution < 1.29 is 37.2 Å². The Morgan fingerprint density at radius 2 is 1.45 bits per heavy atom. The van der Waals surface area contributed by atoms with Crippen molar-refractivity contribution in [3.63, 3.8) is 0 Å². The molecule has 0 aliphatic rings. The van der Waals surface area contributed by atoms with E-state index in [9.17, 15) is 0 Å². The Balaban J connectivity index is 0. The first-order valence-corrected chi connectivity index (χ1v) is 4.36. The quantitative estimate of drug-likeness (QED) is 0.504. The van der Waals surface area contributed by atoms with Crippen molar-refractivity contribution in [2.75, 3.05) is 27.7 Å². The van der Waals surface area contributed by atoms with Crippen molar-refractivity contribution in [3.8, 4) is 0 Å². The van der Waals surface area contributed by atoms with Gasteiger partial charge in [-0.05, 0) is 12.8 Å². The fourth-order valence-corrected chi connectivity index (χ4v) is 1.01. The second-order valence-corrected chi connectivity index (χ2v) is 4.07. The first-order valence-electron chi connectivity index (χ1n) is 4.36. The normalized spacial score (nSPS) is 10.9. The molecule has 0 rings (SSSR count). The molecule has 11 heavy (non-hydrogen) atoms. The van der Waals surface area contributed by atoms with Crippen LogP contribution in [0.2, 0.25) is 0 Å². The van der Waals surface area contributed by atoms with Crippen LogP contribution in [0.5, 0.6) is 0 Å². The summed E-state index contributed by atoms with van der Waals surface area (Å²) in [6.45, 7) is 3.58. The van der Waals surface area contributed by atoms with Crippen LogP contribution < -0.4 is 0 Å². The minimum absolute atomic E-state index is 0. The average molecular weight is 233 g/mol. The number of nitrogens with zero attached hydrogens (tertiary/aromatic N) is 1. The van der Waals surface area contributed by atoms with Crippen LogP contribution in [-0.4, -0.2) is 32.2 Å². The van der Waals surface area contributed by atoms with Gasteiger partial charge in [0.05, 0.1) is 27.7 Å². The zero-order chi connectivity index (χ0) is 8.04. The molecule has 0 aromatic carbocycles. The summed E-state index contributed by atoms with van der Waals surface area (Å²) in [6.07, 6.45) is 5.54. The Labute approximate surface area is 97.0 Å². The number of unbranched alkanes of at least 4 members (excludes halogenated alkanes) is 3. The van der Waals surface area contributed by atoms with Crippen LogP contribution in [-0.2, 0) is 32.7 Å². The first kappa shape index (κ1) is 14.6. The summed E-state index contributed by atoms with van der Waals surface area (Å²) in [5, 5.41) is 0. The van der Waals surface area contributed by atoms with Gasteiger partial charge in [-0.1, -0.05) is 19.8 Å². The van der Waals surface area contributed by atoms with Crippen molar-refractivity contribution in [2.24, 2.45) is 0 Å². The van der Waals surface area contributed by atoms with E-state index in [1.807, 2.05) is 0 Å². The van der Waals surface area contributed by atoms with Crippen molar-refractivity contribution in [1.29, 1.82) is 0 Å². The molecule has 1 radical (unpaired) electrons. The summed E-state index contributed by atoms with van der Waals surface area (Å²) in [5.74, 6) is 0. The molecule has 1 nitrogen and oxygen atoms in total. The topological polar surface area (TPSA) is 0 Å². The molecule has 0 atom stereocenters. The van der Waals surface area contributed by atoms with Crippen molar-refractivity contribution in [2.45, 2.75) is 32.6 Å². The van der Waals surface area contributed by atoms with Crippen molar-refractivity contribution in [3.05, 3.63) is 0 Å². The summed E-state index contributed by atoms with van der Waals surface area (Å²) < 4.78 is 1.11. The van der Waals surface area contributed by atoms with Gasteiger partial charge in [-0.15, -0.1) is 0 Å². The van der Waals surface area contributed by atoms with Gasteiger partial charge in [0, 0.05) is 32.7 Å². The largest absolute Gasteiger partial charge is 0.331 e. The van der Waals surface area contributed by atoms with E-state index in [1.165, 1.54) is 32.2 Å². The van der Waals surface area contributed by atoms with Crippen LogP contribution in [0.1, 0.15) is 32.6 Å².